The Hall–Kier alpha value is -3.05. The second kappa shape index (κ2) is 9.24. The van der Waals surface area contributed by atoms with Crippen molar-refractivity contribution in [1.82, 2.24) is 4.90 Å². The molecule has 0 saturated heterocycles. The molecule has 1 N–H and O–H groups in total. The summed E-state index contributed by atoms with van der Waals surface area (Å²) >= 11 is 0. The number of nitrogens with zero attached hydrogens (tertiary/aromatic N) is 2. The normalized spacial score (nSPS) is 11.0. The molecule has 0 aliphatic rings. The number of benzene rings is 2. The Labute approximate surface area is 165 Å². The zero-order valence-electron chi connectivity index (χ0n) is 16.0. The quantitative estimate of drug-likeness (QED) is 0.715. The van der Waals surface area contributed by atoms with E-state index in [1.165, 1.54) is 0 Å². The Morgan fingerprint density at radius 3 is 2.57 bits per heavy atom. The van der Waals surface area contributed by atoms with Crippen LogP contribution < -0.4 is 9.50 Å². The number of nitrogens with one attached hydrogen (secondary N) is 1. The Kier molecular flexibility index (Phi) is 7.01. The maximum atomic E-state index is 12.8. The Balaban J connectivity index is 2.18. The van der Waals surface area contributed by atoms with Crippen LogP contribution >= 0.6 is 0 Å². The van der Waals surface area contributed by atoms with Crippen LogP contribution in [0.2, 0.25) is 0 Å². The summed E-state index contributed by atoms with van der Waals surface area (Å²) in [7, 11) is -3.62. The van der Waals surface area contributed by atoms with Crippen molar-refractivity contribution < 1.29 is 17.4 Å². The van der Waals surface area contributed by atoms with Crippen LogP contribution in [0.25, 0.3) is 0 Å². The summed E-state index contributed by atoms with van der Waals surface area (Å²) in [5, 5.41) is 11.8. The van der Waals surface area contributed by atoms with E-state index in [9.17, 15) is 13.2 Å². The van der Waals surface area contributed by atoms with Crippen molar-refractivity contribution >= 4 is 21.8 Å². The first-order valence-corrected chi connectivity index (χ1v) is 10.5. The molecule has 0 aliphatic carbocycles. The number of carbonyl (C=O) groups is 1. The molecule has 2 aromatic rings. The van der Waals surface area contributed by atoms with E-state index < -0.39 is 10.1 Å². The van der Waals surface area contributed by atoms with Gasteiger partial charge in [0.2, 0.25) is 0 Å². The highest BCUT2D eigenvalue weighted by Crippen LogP contribution is 2.18. The molecule has 0 saturated carbocycles. The SMILES string of the molecule is CC(C)CN(Cc1cccc(OS(C)(=O)=O)c1)C(=O)Nc1cccc(C#N)c1. The summed E-state index contributed by atoms with van der Waals surface area (Å²) in [6.45, 7) is 4.78. The molecule has 0 unspecified atom stereocenters. The smallest absolute Gasteiger partial charge is 0.322 e. The lowest BCUT2D eigenvalue weighted by atomic mass is 10.1. The van der Waals surface area contributed by atoms with Gasteiger partial charge in [-0.15, -0.1) is 0 Å². The first-order valence-electron chi connectivity index (χ1n) is 8.71. The van der Waals surface area contributed by atoms with Gasteiger partial charge in [-0.3, -0.25) is 0 Å². The van der Waals surface area contributed by atoms with Crippen LogP contribution in [0, 0.1) is 17.2 Å². The molecule has 7 nitrogen and oxygen atoms in total. The number of carbonyl (C=O) groups excluding carboxylic acids is 1. The maximum Gasteiger partial charge on any atom is 0.322 e. The van der Waals surface area contributed by atoms with Gasteiger partial charge >= 0.3 is 16.1 Å². The van der Waals surface area contributed by atoms with Crippen molar-refractivity contribution in [2.24, 2.45) is 5.92 Å². The lowest BCUT2D eigenvalue weighted by molar-refractivity contribution is 0.201. The van der Waals surface area contributed by atoms with E-state index >= 15 is 0 Å². The molecule has 0 aromatic heterocycles. The zero-order valence-corrected chi connectivity index (χ0v) is 16.9. The van der Waals surface area contributed by atoms with Gasteiger partial charge in [-0.05, 0) is 41.8 Å². The van der Waals surface area contributed by atoms with Crippen LogP contribution in [-0.4, -0.2) is 32.1 Å². The zero-order chi connectivity index (χ0) is 20.7. The highest BCUT2D eigenvalue weighted by Gasteiger charge is 2.16. The number of hydrogen-bond acceptors (Lipinski definition) is 5. The summed E-state index contributed by atoms with van der Waals surface area (Å²) in [5.74, 6) is 0.429. The number of anilines is 1. The summed E-state index contributed by atoms with van der Waals surface area (Å²) in [5.41, 5.74) is 1.73. The van der Waals surface area contributed by atoms with E-state index in [-0.39, 0.29) is 24.2 Å². The molecule has 0 aliphatic heterocycles. The summed E-state index contributed by atoms with van der Waals surface area (Å²) in [6, 6.07) is 15.0. The molecule has 0 spiro atoms. The number of urea groups is 1. The lowest BCUT2D eigenvalue weighted by Gasteiger charge is -2.25. The minimum atomic E-state index is -3.62. The molecule has 2 amide bonds. The molecule has 0 fully saturated rings. The fourth-order valence-corrected chi connectivity index (χ4v) is 3.07. The van der Waals surface area contributed by atoms with Crippen LogP contribution in [-0.2, 0) is 16.7 Å². The number of amides is 2. The second-order valence-corrected chi connectivity index (χ2v) is 8.41. The van der Waals surface area contributed by atoms with Gasteiger partial charge in [-0.25, -0.2) is 4.79 Å². The highest BCUT2D eigenvalue weighted by atomic mass is 32.2. The first-order chi connectivity index (χ1) is 13.2. The third kappa shape index (κ3) is 6.93. The van der Waals surface area contributed by atoms with E-state index in [0.29, 0.717) is 17.8 Å². The number of nitriles is 1. The van der Waals surface area contributed by atoms with Crippen LogP contribution in [0.3, 0.4) is 0 Å². The molecule has 2 aromatic carbocycles. The van der Waals surface area contributed by atoms with E-state index in [1.54, 1.807) is 53.4 Å². The van der Waals surface area contributed by atoms with Crippen molar-refractivity contribution in [1.29, 1.82) is 5.26 Å². The topological polar surface area (TPSA) is 99.5 Å². The van der Waals surface area contributed by atoms with Gasteiger partial charge < -0.3 is 14.4 Å². The average molecular weight is 401 g/mol. The Bertz CT molecular complexity index is 981. The standard InChI is InChI=1S/C20H23N3O4S/c1-15(2)13-23(20(24)22-18-8-4-6-16(10-18)12-21)14-17-7-5-9-19(11-17)27-28(3,25)26/h4-11,15H,13-14H2,1-3H3,(H,22,24). The highest BCUT2D eigenvalue weighted by molar-refractivity contribution is 7.86. The van der Waals surface area contributed by atoms with Gasteiger partial charge in [0.1, 0.15) is 5.75 Å². The molecular weight excluding hydrogens is 378 g/mol. The van der Waals surface area contributed by atoms with Crippen molar-refractivity contribution in [3.63, 3.8) is 0 Å². The third-order valence-electron chi connectivity index (χ3n) is 3.64. The van der Waals surface area contributed by atoms with Gasteiger partial charge in [-0.1, -0.05) is 32.0 Å². The largest absolute Gasteiger partial charge is 0.383 e. The van der Waals surface area contributed by atoms with Gasteiger partial charge in [0.05, 0.1) is 17.9 Å². The predicted octanol–water partition coefficient (Wildman–Crippen LogP) is 3.59. The fraction of sp³-hybridized carbons (Fsp3) is 0.300. The molecule has 148 valence electrons. The van der Waals surface area contributed by atoms with Crippen molar-refractivity contribution in [2.45, 2.75) is 20.4 Å². The summed E-state index contributed by atoms with van der Waals surface area (Å²) < 4.78 is 27.6. The predicted molar refractivity (Wildman–Crippen MR) is 107 cm³/mol. The van der Waals surface area contributed by atoms with E-state index in [2.05, 4.69) is 5.32 Å². The molecular formula is C20H23N3O4S. The van der Waals surface area contributed by atoms with E-state index in [0.717, 1.165) is 11.8 Å². The number of rotatable bonds is 7. The van der Waals surface area contributed by atoms with Crippen molar-refractivity contribution in [3.8, 4) is 11.8 Å². The molecule has 0 atom stereocenters. The van der Waals surface area contributed by atoms with Gasteiger partial charge in [0.25, 0.3) is 0 Å². The van der Waals surface area contributed by atoms with Crippen molar-refractivity contribution in [2.75, 3.05) is 18.1 Å². The molecule has 2 rings (SSSR count). The van der Waals surface area contributed by atoms with Crippen molar-refractivity contribution in [3.05, 3.63) is 59.7 Å². The number of hydrogen-bond donors (Lipinski definition) is 1. The molecule has 0 heterocycles. The van der Waals surface area contributed by atoms with Crippen LogP contribution in [0.5, 0.6) is 5.75 Å². The third-order valence-corrected chi connectivity index (χ3v) is 4.13. The van der Waals surface area contributed by atoms with Crippen LogP contribution in [0.4, 0.5) is 10.5 Å². The van der Waals surface area contributed by atoms with E-state index in [1.807, 2.05) is 19.9 Å². The molecule has 28 heavy (non-hydrogen) atoms. The van der Waals surface area contributed by atoms with Gasteiger partial charge in [-0.2, -0.15) is 13.7 Å². The van der Waals surface area contributed by atoms with E-state index in [4.69, 9.17) is 9.44 Å². The maximum absolute atomic E-state index is 12.8. The molecule has 0 bridgehead atoms. The van der Waals surface area contributed by atoms with Crippen LogP contribution in [0.15, 0.2) is 48.5 Å². The molecule has 0 radical (unpaired) electrons. The Morgan fingerprint density at radius 2 is 1.93 bits per heavy atom. The Morgan fingerprint density at radius 1 is 1.21 bits per heavy atom. The lowest BCUT2D eigenvalue weighted by Crippen LogP contribution is -2.37. The van der Waals surface area contributed by atoms with Gasteiger partial charge in [0, 0.05) is 18.8 Å². The minimum absolute atomic E-state index is 0.201. The summed E-state index contributed by atoms with van der Waals surface area (Å²) in [4.78, 5) is 14.4. The first kappa shape index (κ1) is 21.3. The van der Waals surface area contributed by atoms with Crippen LogP contribution in [0.1, 0.15) is 25.0 Å². The fourth-order valence-electron chi connectivity index (χ4n) is 2.62. The molecule has 8 heteroatoms. The minimum Gasteiger partial charge on any atom is -0.383 e. The second-order valence-electron chi connectivity index (χ2n) is 6.83. The monoisotopic (exact) mass is 401 g/mol. The summed E-state index contributed by atoms with van der Waals surface area (Å²) in [6.07, 6.45) is 0.980. The average Bonchev–Trinajstić information content (AvgIpc) is 2.59. The van der Waals surface area contributed by atoms with Gasteiger partial charge in [0.15, 0.2) is 0 Å².